The molecule has 1 aromatic rings. The molecule has 0 heterocycles. The standard InChI is InChI=1S/C13H16N2O4/c16-13(17)11-5-4-10(8-12(11)15(18)19)14-7-6-9-2-1-3-9/h4-5,8-9,14H,1-3,6-7H2,(H,16,17). The maximum Gasteiger partial charge on any atom is 0.342 e. The van der Waals surface area contributed by atoms with Gasteiger partial charge in [-0.2, -0.15) is 0 Å². The van der Waals surface area contributed by atoms with E-state index in [1.165, 1.54) is 31.4 Å². The second kappa shape index (κ2) is 5.69. The number of aromatic carboxylic acids is 1. The van der Waals surface area contributed by atoms with E-state index in [0.717, 1.165) is 18.9 Å². The summed E-state index contributed by atoms with van der Waals surface area (Å²) >= 11 is 0. The number of anilines is 1. The van der Waals surface area contributed by atoms with Crippen molar-refractivity contribution in [3.05, 3.63) is 33.9 Å². The van der Waals surface area contributed by atoms with Gasteiger partial charge in [-0.1, -0.05) is 19.3 Å². The van der Waals surface area contributed by atoms with Crippen molar-refractivity contribution in [2.75, 3.05) is 11.9 Å². The van der Waals surface area contributed by atoms with Gasteiger partial charge in [-0.05, 0) is 24.5 Å². The van der Waals surface area contributed by atoms with Crippen LogP contribution in [-0.4, -0.2) is 22.5 Å². The summed E-state index contributed by atoms with van der Waals surface area (Å²) in [5, 5.41) is 22.8. The number of benzene rings is 1. The molecule has 0 aliphatic heterocycles. The molecule has 1 aliphatic rings. The molecule has 6 nitrogen and oxygen atoms in total. The van der Waals surface area contributed by atoms with E-state index in [1.54, 1.807) is 6.07 Å². The maximum absolute atomic E-state index is 10.9. The van der Waals surface area contributed by atoms with Crippen molar-refractivity contribution in [2.45, 2.75) is 25.7 Å². The Morgan fingerprint density at radius 1 is 1.47 bits per heavy atom. The van der Waals surface area contributed by atoms with E-state index < -0.39 is 10.9 Å². The average molecular weight is 264 g/mol. The Labute approximate surface area is 110 Å². The van der Waals surface area contributed by atoms with E-state index in [0.29, 0.717) is 5.69 Å². The topological polar surface area (TPSA) is 92.5 Å². The minimum Gasteiger partial charge on any atom is -0.477 e. The van der Waals surface area contributed by atoms with Crippen LogP contribution in [0.5, 0.6) is 0 Å². The van der Waals surface area contributed by atoms with Crippen molar-refractivity contribution < 1.29 is 14.8 Å². The number of hydrogen-bond acceptors (Lipinski definition) is 4. The molecule has 0 radical (unpaired) electrons. The van der Waals surface area contributed by atoms with Gasteiger partial charge >= 0.3 is 5.97 Å². The fraction of sp³-hybridized carbons (Fsp3) is 0.462. The van der Waals surface area contributed by atoms with Crippen LogP contribution in [0.15, 0.2) is 18.2 Å². The first-order valence-corrected chi connectivity index (χ1v) is 6.33. The largest absolute Gasteiger partial charge is 0.477 e. The predicted molar refractivity (Wildman–Crippen MR) is 70.5 cm³/mol. The van der Waals surface area contributed by atoms with Crippen LogP contribution in [0.3, 0.4) is 0 Å². The summed E-state index contributed by atoms with van der Waals surface area (Å²) in [4.78, 5) is 21.0. The summed E-state index contributed by atoms with van der Waals surface area (Å²) in [6, 6.07) is 4.12. The first-order valence-electron chi connectivity index (χ1n) is 6.33. The summed E-state index contributed by atoms with van der Waals surface area (Å²) in [6.45, 7) is 0.758. The molecule has 1 saturated carbocycles. The smallest absolute Gasteiger partial charge is 0.342 e. The third-order valence-electron chi connectivity index (χ3n) is 3.53. The van der Waals surface area contributed by atoms with E-state index in [2.05, 4.69) is 5.32 Å². The van der Waals surface area contributed by atoms with Crippen LogP contribution < -0.4 is 5.32 Å². The van der Waals surface area contributed by atoms with E-state index in [-0.39, 0.29) is 11.3 Å². The van der Waals surface area contributed by atoms with Crippen LogP contribution in [-0.2, 0) is 0 Å². The van der Waals surface area contributed by atoms with E-state index in [9.17, 15) is 14.9 Å². The zero-order chi connectivity index (χ0) is 13.8. The normalized spacial score (nSPS) is 14.7. The highest BCUT2D eigenvalue weighted by Crippen LogP contribution is 2.29. The lowest BCUT2D eigenvalue weighted by Gasteiger charge is -2.25. The van der Waals surface area contributed by atoms with Gasteiger partial charge in [0.25, 0.3) is 5.69 Å². The highest BCUT2D eigenvalue weighted by atomic mass is 16.6. The molecule has 0 amide bonds. The van der Waals surface area contributed by atoms with Crippen LogP contribution >= 0.6 is 0 Å². The van der Waals surface area contributed by atoms with Crippen LogP contribution in [0.25, 0.3) is 0 Å². The maximum atomic E-state index is 10.9. The summed E-state index contributed by atoms with van der Waals surface area (Å²) in [5.41, 5.74) is -0.0632. The molecule has 0 saturated heterocycles. The summed E-state index contributed by atoms with van der Waals surface area (Å²) in [5.74, 6) is -0.520. The zero-order valence-electron chi connectivity index (χ0n) is 10.5. The number of nitro benzene ring substituents is 1. The van der Waals surface area contributed by atoms with Gasteiger partial charge in [0.05, 0.1) is 4.92 Å². The summed E-state index contributed by atoms with van der Waals surface area (Å²) < 4.78 is 0. The van der Waals surface area contributed by atoms with Gasteiger partial charge in [-0.15, -0.1) is 0 Å². The summed E-state index contributed by atoms with van der Waals surface area (Å²) in [7, 11) is 0. The lowest BCUT2D eigenvalue weighted by Crippen LogP contribution is -2.15. The van der Waals surface area contributed by atoms with Gasteiger partial charge in [0, 0.05) is 18.3 Å². The molecule has 2 N–H and O–H groups in total. The minimum atomic E-state index is -1.28. The number of rotatable bonds is 6. The Morgan fingerprint density at radius 2 is 2.21 bits per heavy atom. The molecule has 0 atom stereocenters. The molecular formula is C13H16N2O4. The third kappa shape index (κ3) is 3.21. The van der Waals surface area contributed by atoms with Gasteiger partial charge in [0.15, 0.2) is 0 Å². The fourth-order valence-electron chi connectivity index (χ4n) is 2.18. The van der Waals surface area contributed by atoms with Crippen molar-refractivity contribution in [3.8, 4) is 0 Å². The highest BCUT2D eigenvalue weighted by Gasteiger charge is 2.20. The Morgan fingerprint density at radius 3 is 2.74 bits per heavy atom. The Bertz CT molecular complexity index is 497. The predicted octanol–water partition coefficient (Wildman–Crippen LogP) is 2.90. The number of carboxylic acid groups (broad SMARTS) is 1. The van der Waals surface area contributed by atoms with Gasteiger partial charge in [-0.3, -0.25) is 10.1 Å². The van der Waals surface area contributed by atoms with Crippen LogP contribution in [0, 0.1) is 16.0 Å². The van der Waals surface area contributed by atoms with Crippen molar-refractivity contribution in [1.82, 2.24) is 0 Å². The third-order valence-corrected chi connectivity index (χ3v) is 3.53. The zero-order valence-corrected chi connectivity index (χ0v) is 10.5. The van der Waals surface area contributed by atoms with Crippen LogP contribution in [0.4, 0.5) is 11.4 Å². The monoisotopic (exact) mass is 264 g/mol. The molecular weight excluding hydrogens is 248 g/mol. The molecule has 0 bridgehead atoms. The lowest BCUT2D eigenvalue weighted by molar-refractivity contribution is -0.385. The van der Waals surface area contributed by atoms with Gasteiger partial charge in [-0.25, -0.2) is 4.79 Å². The molecule has 0 aromatic heterocycles. The molecule has 6 heteroatoms. The summed E-state index contributed by atoms with van der Waals surface area (Å²) in [6.07, 6.45) is 4.87. The fourth-order valence-corrected chi connectivity index (χ4v) is 2.18. The average Bonchev–Trinajstić information content (AvgIpc) is 2.31. The van der Waals surface area contributed by atoms with Gasteiger partial charge in [0.2, 0.25) is 0 Å². The van der Waals surface area contributed by atoms with Gasteiger partial charge in [0.1, 0.15) is 5.56 Å². The second-order valence-electron chi connectivity index (χ2n) is 4.81. The molecule has 102 valence electrons. The Balaban J connectivity index is 2.02. The highest BCUT2D eigenvalue weighted by molar-refractivity contribution is 5.93. The number of carbonyl (C=O) groups is 1. The number of nitro groups is 1. The first kappa shape index (κ1) is 13.3. The number of hydrogen-bond donors (Lipinski definition) is 2. The minimum absolute atomic E-state index is 0.283. The quantitative estimate of drug-likeness (QED) is 0.608. The number of nitrogens with zero attached hydrogens (tertiary/aromatic N) is 1. The molecule has 1 aliphatic carbocycles. The van der Waals surface area contributed by atoms with E-state index in [4.69, 9.17) is 5.11 Å². The SMILES string of the molecule is O=C(O)c1ccc(NCCC2CCC2)cc1[N+](=O)[O-]. The van der Waals surface area contributed by atoms with E-state index in [1.807, 2.05) is 0 Å². The molecule has 0 spiro atoms. The van der Waals surface area contributed by atoms with Crippen molar-refractivity contribution in [2.24, 2.45) is 5.92 Å². The molecule has 2 rings (SSSR count). The van der Waals surface area contributed by atoms with Crippen molar-refractivity contribution in [1.29, 1.82) is 0 Å². The van der Waals surface area contributed by atoms with Crippen molar-refractivity contribution >= 4 is 17.3 Å². The molecule has 1 aromatic carbocycles. The van der Waals surface area contributed by atoms with Crippen molar-refractivity contribution in [3.63, 3.8) is 0 Å². The number of nitrogens with one attached hydrogen (secondary N) is 1. The first-order chi connectivity index (χ1) is 9.08. The Kier molecular flexibility index (Phi) is 3.99. The Hall–Kier alpha value is -2.11. The van der Waals surface area contributed by atoms with Gasteiger partial charge < -0.3 is 10.4 Å². The van der Waals surface area contributed by atoms with Crippen LogP contribution in [0.2, 0.25) is 0 Å². The molecule has 1 fully saturated rings. The van der Waals surface area contributed by atoms with E-state index >= 15 is 0 Å². The molecule has 0 unspecified atom stereocenters. The lowest BCUT2D eigenvalue weighted by atomic mass is 9.83. The second-order valence-corrected chi connectivity index (χ2v) is 4.81. The number of carboxylic acids is 1. The molecule has 19 heavy (non-hydrogen) atoms. The van der Waals surface area contributed by atoms with Crippen LogP contribution in [0.1, 0.15) is 36.0 Å².